The quantitative estimate of drug-likeness (QED) is 0.364. The largest absolute Gasteiger partial charge is 0.497 e. The van der Waals surface area contributed by atoms with E-state index in [1.807, 2.05) is 41.8 Å². The standard InChI is InChI=1S/C23H23N5O3S/c1-3-31-23(29)17-13-25-21(15-6-8-16(30-2)9-7-15)28-22(17)24-11-10-18-20(27-14-26-18)19-5-4-12-32-19/h4-9,12-14H,3,10-11H2,1-2H3,(H,26,27)(H,24,25,28). The van der Waals surface area contributed by atoms with Gasteiger partial charge in [-0.1, -0.05) is 6.07 Å². The summed E-state index contributed by atoms with van der Waals surface area (Å²) in [5.74, 6) is 1.22. The first-order valence-electron chi connectivity index (χ1n) is 10.2. The molecule has 4 rings (SSSR count). The lowest BCUT2D eigenvalue weighted by atomic mass is 10.2. The zero-order valence-electron chi connectivity index (χ0n) is 17.8. The van der Waals surface area contributed by atoms with Gasteiger partial charge >= 0.3 is 5.97 Å². The first kappa shape index (κ1) is 21.5. The maximum atomic E-state index is 12.4. The monoisotopic (exact) mass is 449 g/mol. The molecule has 0 radical (unpaired) electrons. The minimum Gasteiger partial charge on any atom is -0.497 e. The highest BCUT2D eigenvalue weighted by Gasteiger charge is 2.17. The van der Waals surface area contributed by atoms with Gasteiger partial charge in [-0.2, -0.15) is 0 Å². The molecular weight excluding hydrogens is 426 g/mol. The van der Waals surface area contributed by atoms with Crippen LogP contribution in [0.3, 0.4) is 0 Å². The van der Waals surface area contributed by atoms with E-state index >= 15 is 0 Å². The molecule has 0 fully saturated rings. The Hall–Kier alpha value is -3.72. The smallest absolute Gasteiger partial charge is 0.343 e. The van der Waals surface area contributed by atoms with Crippen LogP contribution in [0.4, 0.5) is 5.82 Å². The number of hydrogen-bond donors (Lipinski definition) is 2. The van der Waals surface area contributed by atoms with Gasteiger partial charge in [-0.05, 0) is 42.6 Å². The van der Waals surface area contributed by atoms with E-state index < -0.39 is 5.97 Å². The maximum Gasteiger partial charge on any atom is 0.343 e. The number of ether oxygens (including phenoxy) is 2. The maximum absolute atomic E-state index is 12.4. The number of esters is 1. The molecule has 2 N–H and O–H groups in total. The van der Waals surface area contributed by atoms with Crippen LogP contribution in [0.1, 0.15) is 23.0 Å². The number of nitrogens with zero attached hydrogens (tertiary/aromatic N) is 3. The second-order valence-corrected chi connectivity index (χ2v) is 7.74. The molecule has 0 saturated heterocycles. The van der Waals surface area contributed by atoms with E-state index in [0.29, 0.717) is 30.2 Å². The predicted molar refractivity (Wildman–Crippen MR) is 124 cm³/mol. The number of anilines is 1. The van der Waals surface area contributed by atoms with Crippen LogP contribution in [-0.2, 0) is 11.2 Å². The summed E-state index contributed by atoms with van der Waals surface area (Å²) in [4.78, 5) is 30.2. The second kappa shape index (κ2) is 10.1. The van der Waals surface area contributed by atoms with Gasteiger partial charge in [0.1, 0.15) is 22.8 Å². The number of carbonyl (C=O) groups is 1. The molecule has 0 unspecified atom stereocenters. The molecule has 3 heterocycles. The summed E-state index contributed by atoms with van der Waals surface area (Å²) in [6.07, 6.45) is 3.87. The first-order chi connectivity index (χ1) is 15.7. The molecule has 4 aromatic rings. The van der Waals surface area contributed by atoms with E-state index in [1.54, 1.807) is 31.7 Å². The number of aromatic nitrogens is 4. The van der Waals surface area contributed by atoms with Gasteiger partial charge in [0.05, 0.1) is 24.9 Å². The second-order valence-electron chi connectivity index (χ2n) is 6.79. The van der Waals surface area contributed by atoms with Gasteiger partial charge in [0.25, 0.3) is 0 Å². The Morgan fingerprint density at radius 3 is 2.75 bits per heavy atom. The fourth-order valence-electron chi connectivity index (χ4n) is 3.20. The SMILES string of the molecule is CCOC(=O)c1cnc(-c2ccc(OC)cc2)nc1NCCc1[nH]cnc1-c1cccs1. The lowest BCUT2D eigenvalue weighted by Crippen LogP contribution is -2.15. The van der Waals surface area contributed by atoms with Gasteiger partial charge < -0.3 is 19.8 Å². The van der Waals surface area contributed by atoms with Crippen molar-refractivity contribution in [3.63, 3.8) is 0 Å². The molecular formula is C23H23N5O3S. The van der Waals surface area contributed by atoms with Gasteiger partial charge in [0, 0.05) is 30.4 Å². The van der Waals surface area contributed by atoms with Crippen molar-refractivity contribution in [2.75, 3.05) is 25.6 Å². The number of thiophene rings is 1. The average Bonchev–Trinajstić information content (AvgIpc) is 3.51. The van der Waals surface area contributed by atoms with Crippen molar-refractivity contribution in [2.45, 2.75) is 13.3 Å². The van der Waals surface area contributed by atoms with E-state index in [-0.39, 0.29) is 6.61 Å². The summed E-state index contributed by atoms with van der Waals surface area (Å²) in [5, 5.41) is 5.30. The minimum atomic E-state index is -0.461. The van der Waals surface area contributed by atoms with E-state index in [1.165, 1.54) is 6.20 Å². The molecule has 0 aliphatic rings. The molecule has 3 aromatic heterocycles. The Bertz CT molecular complexity index is 1170. The number of carbonyl (C=O) groups excluding carboxylic acids is 1. The van der Waals surface area contributed by atoms with Gasteiger partial charge in [-0.3, -0.25) is 0 Å². The lowest BCUT2D eigenvalue weighted by Gasteiger charge is -2.12. The van der Waals surface area contributed by atoms with Crippen molar-refractivity contribution in [2.24, 2.45) is 0 Å². The molecule has 0 amide bonds. The van der Waals surface area contributed by atoms with Gasteiger partial charge in [-0.15, -0.1) is 11.3 Å². The third kappa shape index (κ3) is 4.78. The van der Waals surface area contributed by atoms with Gasteiger partial charge in [0.2, 0.25) is 0 Å². The average molecular weight is 450 g/mol. The van der Waals surface area contributed by atoms with Crippen LogP contribution in [0.25, 0.3) is 22.0 Å². The van der Waals surface area contributed by atoms with Crippen molar-refractivity contribution >= 4 is 23.1 Å². The fourth-order valence-corrected chi connectivity index (χ4v) is 3.95. The van der Waals surface area contributed by atoms with Crippen LogP contribution in [-0.4, -0.2) is 46.2 Å². The van der Waals surface area contributed by atoms with Crippen molar-refractivity contribution in [1.82, 2.24) is 19.9 Å². The zero-order valence-corrected chi connectivity index (χ0v) is 18.6. The molecule has 0 bridgehead atoms. The summed E-state index contributed by atoms with van der Waals surface area (Å²) in [5.41, 5.74) is 3.07. The predicted octanol–water partition coefficient (Wildman–Crippen LogP) is 4.44. The molecule has 0 aliphatic heterocycles. The van der Waals surface area contributed by atoms with Crippen molar-refractivity contribution in [1.29, 1.82) is 0 Å². The normalized spacial score (nSPS) is 10.7. The molecule has 1 aromatic carbocycles. The van der Waals surface area contributed by atoms with E-state index in [4.69, 9.17) is 9.47 Å². The Morgan fingerprint density at radius 2 is 2.03 bits per heavy atom. The Balaban J connectivity index is 1.55. The highest BCUT2D eigenvalue weighted by molar-refractivity contribution is 7.13. The molecule has 0 saturated carbocycles. The zero-order chi connectivity index (χ0) is 22.3. The number of imidazole rings is 1. The Morgan fingerprint density at radius 1 is 1.19 bits per heavy atom. The van der Waals surface area contributed by atoms with Gasteiger partial charge in [-0.25, -0.2) is 19.7 Å². The topological polar surface area (TPSA) is 102 Å². The van der Waals surface area contributed by atoms with Crippen LogP contribution < -0.4 is 10.1 Å². The summed E-state index contributed by atoms with van der Waals surface area (Å²) in [6, 6.07) is 11.5. The van der Waals surface area contributed by atoms with Crippen LogP contribution in [0.2, 0.25) is 0 Å². The van der Waals surface area contributed by atoms with Crippen molar-refractivity contribution < 1.29 is 14.3 Å². The van der Waals surface area contributed by atoms with Crippen molar-refractivity contribution in [3.8, 4) is 27.7 Å². The third-order valence-corrected chi connectivity index (χ3v) is 5.65. The summed E-state index contributed by atoms with van der Waals surface area (Å²) in [6.45, 7) is 2.59. The summed E-state index contributed by atoms with van der Waals surface area (Å²) >= 11 is 1.64. The van der Waals surface area contributed by atoms with E-state index in [2.05, 4.69) is 25.3 Å². The highest BCUT2D eigenvalue weighted by Crippen LogP contribution is 2.26. The minimum absolute atomic E-state index is 0.275. The molecule has 9 heteroatoms. The molecule has 0 atom stereocenters. The van der Waals surface area contributed by atoms with E-state index in [9.17, 15) is 4.79 Å². The van der Waals surface area contributed by atoms with Crippen molar-refractivity contribution in [3.05, 3.63) is 65.6 Å². The van der Waals surface area contributed by atoms with Crippen LogP contribution in [0.15, 0.2) is 54.3 Å². The molecule has 32 heavy (non-hydrogen) atoms. The third-order valence-electron chi connectivity index (χ3n) is 4.77. The number of hydrogen-bond acceptors (Lipinski definition) is 8. The Labute approximate surface area is 189 Å². The van der Waals surface area contributed by atoms with Gasteiger partial charge in [0.15, 0.2) is 5.82 Å². The summed E-state index contributed by atoms with van der Waals surface area (Å²) < 4.78 is 10.4. The fraction of sp³-hybridized carbons (Fsp3) is 0.217. The molecule has 0 aliphatic carbocycles. The van der Waals surface area contributed by atoms with E-state index in [0.717, 1.165) is 27.6 Å². The number of H-pyrrole nitrogens is 1. The Kier molecular flexibility index (Phi) is 6.76. The number of aromatic amines is 1. The molecule has 0 spiro atoms. The molecule has 164 valence electrons. The van der Waals surface area contributed by atoms with Crippen LogP contribution >= 0.6 is 11.3 Å². The number of methoxy groups -OCH3 is 1. The summed E-state index contributed by atoms with van der Waals surface area (Å²) in [7, 11) is 1.62. The number of rotatable bonds is 9. The number of benzene rings is 1. The molecule has 8 nitrogen and oxygen atoms in total. The van der Waals surface area contributed by atoms with Crippen LogP contribution in [0.5, 0.6) is 5.75 Å². The van der Waals surface area contributed by atoms with Crippen LogP contribution in [0, 0.1) is 0 Å². The highest BCUT2D eigenvalue weighted by atomic mass is 32.1. The first-order valence-corrected chi connectivity index (χ1v) is 11.1. The number of nitrogens with one attached hydrogen (secondary N) is 2. The lowest BCUT2D eigenvalue weighted by molar-refractivity contribution is 0.0526.